The second kappa shape index (κ2) is 6.86. The first kappa shape index (κ1) is 13.5. The number of esters is 1. The summed E-state index contributed by atoms with van der Waals surface area (Å²) in [5.41, 5.74) is 0.324. The van der Waals surface area contributed by atoms with Crippen LogP contribution in [0.5, 0.6) is 0 Å². The van der Waals surface area contributed by atoms with Gasteiger partial charge in [0.1, 0.15) is 12.7 Å². The maximum atomic E-state index is 11.0. The molecule has 0 heterocycles. The third-order valence-corrected chi connectivity index (χ3v) is 1.68. The molecule has 1 amide bonds. The first-order valence-electron chi connectivity index (χ1n) is 4.72. The summed E-state index contributed by atoms with van der Waals surface area (Å²) in [6.45, 7) is 6.89. The fourth-order valence-corrected chi connectivity index (χ4v) is 0.737. The van der Waals surface area contributed by atoms with Crippen LogP contribution in [0.1, 0.15) is 20.3 Å². The van der Waals surface area contributed by atoms with Gasteiger partial charge < -0.3 is 14.8 Å². The summed E-state index contributed by atoms with van der Waals surface area (Å²) < 4.78 is 9.78. The van der Waals surface area contributed by atoms with Gasteiger partial charge in [0.2, 0.25) is 0 Å². The summed E-state index contributed by atoms with van der Waals surface area (Å²) in [5.74, 6) is -0.478. The molecule has 0 fully saturated rings. The molecule has 0 aliphatic rings. The van der Waals surface area contributed by atoms with Gasteiger partial charge in [-0.2, -0.15) is 0 Å². The Bertz CT molecular complexity index is 250. The van der Waals surface area contributed by atoms with Crippen molar-refractivity contribution in [2.24, 2.45) is 0 Å². The molecule has 0 aromatic rings. The van der Waals surface area contributed by atoms with Gasteiger partial charge in [0.05, 0.1) is 0 Å². The van der Waals surface area contributed by atoms with Crippen LogP contribution in [0.15, 0.2) is 12.2 Å². The minimum atomic E-state index is -0.534. The molecule has 0 bridgehead atoms. The minimum Gasteiger partial charge on any atom is -0.458 e. The molecule has 0 saturated heterocycles. The highest BCUT2D eigenvalue weighted by Crippen LogP contribution is 2.01. The molecule has 0 spiro atoms. The van der Waals surface area contributed by atoms with Gasteiger partial charge >= 0.3 is 12.1 Å². The molecular weight excluding hydrogens is 198 g/mol. The summed E-state index contributed by atoms with van der Waals surface area (Å²) in [5, 5.41) is 2.32. The molecule has 0 radical (unpaired) electrons. The number of carbonyl (C=O) groups is 2. The first-order chi connectivity index (χ1) is 7.01. The van der Waals surface area contributed by atoms with Crippen LogP contribution >= 0.6 is 0 Å². The molecule has 0 aromatic heterocycles. The zero-order chi connectivity index (χ0) is 11.8. The van der Waals surface area contributed by atoms with Crippen LogP contribution in [0.3, 0.4) is 0 Å². The van der Waals surface area contributed by atoms with Gasteiger partial charge in [0, 0.05) is 12.6 Å². The third kappa shape index (κ3) is 5.72. The predicted octanol–water partition coefficient (Wildman–Crippen LogP) is 1.24. The molecule has 1 N–H and O–H groups in total. The zero-order valence-corrected chi connectivity index (χ0v) is 9.33. The van der Waals surface area contributed by atoms with Crippen molar-refractivity contribution in [3.63, 3.8) is 0 Å². The van der Waals surface area contributed by atoms with E-state index in [1.807, 2.05) is 6.92 Å². The van der Waals surface area contributed by atoms with Crippen LogP contribution in [0.4, 0.5) is 4.79 Å². The third-order valence-electron chi connectivity index (χ3n) is 1.68. The van der Waals surface area contributed by atoms with E-state index in [0.717, 1.165) is 0 Å². The fourth-order valence-electron chi connectivity index (χ4n) is 0.737. The molecule has 0 saturated carbocycles. The van der Waals surface area contributed by atoms with E-state index >= 15 is 0 Å². The number of alkyl carbamates (subject to hydrolysis) is 1. The highest BCUT2D eigenvalue weighted by atomic mass is 16.6. The predicted molar refractivity (Wildman–Crippen MR) is 55.4 cm³/mol. The van der Waals surface area contributed by atoms with Gasteiger partial charge in [0.15, 0.2) is 0 Å². The Morgan fingerprint density at radius 2 is 2.07 bits per heavy atom. The number of amides is 1. The maximum Gasteiger partial charge on any atom is 0.407 e. The number of rotatable bonds is 5. The normalized spacial score (nSPS) is 11.4. The van der Waals surface area contributed by atoms with Crippen LogP contribution in [0, 0.1) is 0 Å². The summed E-state index contributed by atoms with van der Waals surface area (Å²) in [6, 6.07) is 0. The number of hydrogen-bond donors (Lipinski definition) is 1. The Balaban J connectivity index is 3.95. The molecule has 1 unspecified atom stereocenters. The van der Waals surface area contributed by atoms with E-state index in [1.165, 1.54) is 7.05 Å². The number of nitrogens with one attached hydrogen (secondary N) is 1. The molecule has 0 rings (SSSR count). The van der Waals surface area contributed by atoms with Crippen LogP contribution in [-0.2, 0) is 14.3 Å². The van der Waals surface area contributed by atoms with Crippen molar-refractivity contribution in [3.8, 4) is 0 Å². The first-order valence-corrected chi connectivity index (χ1v) is 4.72. The van der Waals surface area contributed by atoms with Gasteiger partial charge in [-0.3, -0.25) is 0 Å². The lowest BCUT2D eigenvalue weighted by Gasteiger charge is -2.15. The SMILES string of the molecule is C=C(C)C(=O)OCC(CC)OC(=O)NC. The lowest BCUT2D eigenvalue weighted by molar-refractivity contribution is -0.141. The van der Waals surface area contributed by atoms with Crippen molar-refractivity contribution in [1.29, 1.82) is 0 Å². The Morgan fingerprint density at radius 3 is 2.47 bits per heavy atom. The summed E-state index contributed by atoms with van der Waals surface area (Å²) in [6.07, 6.45) is -0.377. The van der Waals surface area contributed by atoms with E-state index in [9.17, 15) is 9.59 Å². The smallest absolute Gasteiger partial charge is 0.407 e. The van der Waals surface area contributed by atoms with E-state index in [4.69, 9.17) is 9.47 Å². The second-order valence-electron chi connectivity index (χ2n) is 3.06. The topological polar surface area (TPSA) is 64.6 Å². The largest absolute Gasteiger partial charge is 0.458 e. The zero-order valence-electron chi connectivity index (χ0n) is 9.33. The lowest BCUT2D eigenvalue weighted by Crippen LogP contribution is -2.29. The molecule has 5 heteroatoms. The average molecular weight is 215 g/mol. The Hall–Kier alpha value is -1.52. The van der Waals surface area contributed by atoms with Crippen molar-refractivity contribution in [2.45, 2.75) is 26.4 Å². The number of carbonyl (C=O) groups excluding carboxylic acids is 2. The second-order valence-corrected chi connectivity index (χ2v) is 3.06. The summed E-state index contributed by atoms with van der Waals surface area (Å²) >= 11 is 0. The van der Waals surface area contributed by atoms with Crippen LogP contribution < -0.4 is 5.32 Å². The van der Waals surface area contributed by atoms with Crippen molar-refractivity contribution in [1.82, 2.24) is 5.32 Å². The average Bonchev–Trinajstić information content (AvgIpc) is 2.22. The highest BCUT2D eigenvalue weighted by molar-refractivity contribution is 5.86. The van der Waals surface area contributed by atoms with Gasteiger partial charge in [-0.1, -0.05) is 13.5 Å². The van der Waals surface area contributed by atoms with E-state index in [1.54, 1.807) is 6.92 Å². The Labute approximate surface area is 89.4 Å². The van der Waals surface area contributed by atoms with E-state index in [2.05, 4.69) is 11.9 Å². The van der Waals surface area contributed by atoms with Crippen molar-refractivity contribution in [2.75, 3.05) is 13.7 Å². The van der Waals surface area contributed by atoms with Gasteiger partial charge in [0.25, 0.3) is 0 Å². The van der Waals surface area contributed by atoms with Gasteiger partial charge in [-0.05, 0) is 13.3 Å². The Kier molecular flexibility index (Phi) is 6.17. The maximum absolute atomic E-state index is 11.0. The summed E-state index contributed by atoms with van der Waals surface area (Å²) in [7, 11) is 1.47. The number of hydrogen-bond acceptors (Lipinski definition) is 4. The summed E-state index contributed by atoms with van der Waals surface area (Å²) in [4.78, 5) is 21.9. The molecule has 0 aliphatic carbocycles. The van der Waals surface area contributed by atoms with Gasteiger partial charge in [-0.15, -0.1) is 0 Å². The Morgan fingerprint density at radius 1 is 1.47 bits per heavy atom. The molecule has 86 valence electrons. The van der Waals surface area contributed by atoms with Crippen molar-refractivity contribution in [3.05, 3.63) is 12.2 Å². The molecule has 15 heavy (non-hydrogen) atoms. The fraction of sp³-hybridized carbons (Fsp3) is 0.600. The molecule has 0 aromatic carbocycles. The molecule has 0 aliphatic heterocycles. The van der Waals surface area contributed by atoms with Gasteiger partial charge in [-0.25, -0.2) is 9.59 Å². The standard InChI is InChI=1S/C10H17NO4/c1-5-8(15-10(13)11-4)6-14-9(12)7(2)3/h8H,2,5-6H2,1,3-4H3,(H,11,13). The van der Waals surface area contributed by atoms with E-state index in [-0.39, 0.29) is 6.61 Å². The van der Waals surface area contributed by atoms with Crippen LogP contribution in [0.2, 0.25) is 0 Å². The quantitative estimate of drug-likeness (QED) is 0.553. The highest BCUT2D eigenvalue weighted by Gasteiger charge is 2.14. The van der Waals surface area contributed by atoms with Crippen molar-refractivity contribution >= 4 is 12.1 Å². The molecule has 5 nitrogen and oxygen atoms in total. The monoisotopic (exact) mass is 215 g/mol. The van der Waals surface area contributed by atoms with Crippen molar-refractivity contribution < 1.29 is 19.1 Å². The molecule has 1 atom stereocenters. The number of ether oxygens (including phenoxy) is 2. The molecular formula is C10H17NO4. The van der Waals surface area contributed by atoms with Crippen LogP contribution in [0.25, 0.3) is 0 Å². The minimum absolute atomic E-state index is 0.0512. The van der Waals surface area contributed by atoms with E-state index < -0.39 is 18.2 Å². The van der Waals surface area contributed by atoms with E-state index in [0.29, 0.717) is 12.0 Å². The van der Waals surface area contributed by atoms with Crippen LogP contribution in [-0.4, -0.2) is 31.8 Å². The lowest BCUT2D eigenvalue weighted by atomic mass is 10.3.